The maximum Gasteiger partial charge on any atom is -0.00676 e. The maximum absolute atomic E-state index is 2.52. The zero-order valence-electron chi connectivity index (χ0n) is 20.0. The van der Waals surface area contributed by atoms with E-state index in [1.54, 1.807) is 0 Å². The minimum Gasteiger partial charge on any atom is -0.0833 e. The highest BCUT2D eigenvalue weighted by molar-refractivity contribution is 7.82. The van der Waals surface area contributed by atoms with Gasteiger partial charge in [0.25, 0.3) is 0 Å². The van der Waals surface area contributed by atoms with E-state index in [1.165, 1.54) is 31.8 Å². The quantitative estimate of drug-likeness (QED) is 0.322. The van der Waals surface area contributed by atoms with Gasteiger partial charge >= 0.3 is 0 Å². The Bertz CT molecular complexity index is 1140. The summed E-state index contributed by atoms with van der Waals surface area (Å²) in [5.41, 5.74) is 0. The molecule has 0 saturated carbocycles. The number of hydrogen-bond acceptors (Lipinski definition) is 0. The molecule has 3 aromatic rings. The van der Waals surface area contributed by atoms with Gasteiger partial charge in [-0.05, 0) is 72.4 Å². The van der Waals surface area contributed by atoms with Crippen molar-refractivity contribution in [1.29, 1.82) is 0 Å². The van der Waals surface area contributed by atoms with Crippen molar-refractivity contribution < 1.29 is 0 Å². The molecule has 2 aliphatic rings. The first kappa shape index (κ1) is 23.2. The summed E-state index contributed by atoms with van der Waals surface area (Å²) in [6.45, 7) is 4.67. The summed E-state index contributed by atoms with van der Waals surface area (Å²) in [5, 5.41) is 8.82. The van der Waals surface area contributed by atoms with Crippen molar-refractivity contribution in [2.45, 2.75) is 26.7 Å². The molecule has 0 aliphatic heterocycles. The first-order valence-electron chi connectivity index (χ1n) is 12.3. The van der Waals surface area contributed by atoms with Gasteiger partial charge < -0.3 is 0 Å². The molecule has 0 N–H and O–H groups in total. The van der Waals surface area contributed by atoms with Gasteiger partial charge in [0.15, 0.2) is 0 Å². The summed E-state index contributed by atoms with van der Waals surface area (Å²) in [6.07, 6.45) is 16.8. The third-order valence-electron chi connectivity index (χ3n) is 6.41. The van der Waals surface area contributed by atoms with Crippen LogP contribution in [0.15, 0.2) is 132 Å². The van der Waals surface area contributed by atoms with E-state index in [9.17, 15) is 0 Å². The van der Waals surface area contributed by atoms with Gasteiger partial charge in [-0.3, -0.25) is 0 Å². The largest absolute Gasteiger partial charge is 0.0833 e. The standard InChI is InChI=1S/C32H32P2/c1-25-13-11-19-29(23-25)33(27-15-5-3-6-16-27)31-21-9-10-22-32(31)34(28-17-7-4-8-18-28)30-20-12-14-26(2)24-30/h3-12,15-26H,13-14H2,1-2H3. The highest BCUT2D eigenvalue weighted by Gasteiger charge is 2.27. The molecule has 0 bridgehead atoms. The smallest absolute Gasteiger partial charge is 0.00676 e. The van der Waals surface area contributed by atoms with Gasteiger partial charge in [0.2, 0.25) is 0 Å². The summed E-state index contributed by atoms with van der Waals surface area (Å²) in [7, 11) is -1.26. The zero-order valence-corrected chi connectivity index (χ0v) is 21.8. The number of benzene rings is 3. The Morgan fingerprint density at radius 3 is 1.29 bits per heavy atom. The van der Waals surface area contributed by atoms with Crippen LogP contribution in [0.1, 0.15) is 26.7 Å². The molecule has 4 unspecified atom stereocenters. The second-order valence-electron chi connectivity index (χ2n) is 9.24. The number of hydrogen-bond donors (Lipinski definition) is 0. The fourth-order valence-electron chi connectivity index (χ4n) is 4.79. The van der Waals surface area contributed by atoms with E-state index in [2.05, 4.69) is 135 Å². The molecule has 0 aromatic heterocycles. The average Bonchev–Trinajstić information content (AvgIpc) is 2.87. The van der Waals surface area contributed by atoms with Crippen molar-refractivity contribution in [2.24, 2.45) is 11.8 Å². The second kappa shape index (κ2) is 10.8. The molecule has 0 nitrogen and oxygen atoms in total. The number of allylic oxidation sites excluding steroid dienone is 8. The van der Waals surface area contributed by atoms with Gasteiger partial charge in [-0.25, -0.2) is 0 Å². The van der Waals surface area contributed by atoms with Gasteiger partial charge in [0, 0.05) is 0 Å². The predicted octanol–water partition coefficient (Wildman–Crippen LogP) is 7.51. The van der Waals surface area contributed by atoms with Crippen molar-refractivity contribution in [2.75, 3.05) is 0 Å². The lowest BCUT2D eigenvalue weighted by molar-refractivity contribution is 0.735. The fourth-order valence-corrected chi connectivity index (χ4v) is 10.4. The Hall–Kier alpha value is -2.52. The summed E-state index contributed by atoms with van der Waals surface area (Å²) in [6, 6.07) is 31.6. The van der Waals surface area contributed by atoms with Crippen LogP contribution in [0.2, 0.25) is 0 Å². The fraction of sp³-hybridized carbons (Fsp3) is 0.188. The van der Waals surface area contributed by atoms with Crippen molar-refractivity contribution in [1.82, 2.24) is 0 Å². The predicted molar refractivity (Wildman–Crippen MR) is 154 cm³/mol. The molecule has 0 heterocycles. The molecule has 170 valence electrons. The second-order valence-corrected chi connectivity index (χ2v) is 13.6. The highest BCUT2D eigenvalue weighted by Crippen LogP contribution is 2.51. The van der Waals surface area contributed by atoms with Gasteiger partial charge in [0.1, 0.15) is 0 Å². The third-order valence-corrected chi connectivity index (χ3v) is 11.6. The Labute approximate surface area is 207 Å². The topological polar surface area (TPSA) is 0 Å². The summed E-state index contributed by atoms with van der Waals surface area (Å²) < 4.78 is 0. The molecule has 4 atom stereocenters. The minimum absolute atomic E-state index is 0.585. The SMILES string of the molecule is CC1C=C(P(c2ccccc2)c2ccccc2P(C2=CC(C)CC=C2)c2ccccc2)C=CC1. The van der Waals surface area contributed by atoms with Crippen LogP contribution in [-0.4, -0.2) is 0 Å². The lowest BCUT2D eigenvalue weighted by atomic mass is 10.0. The molecule has 0 saturated heterocycles. The van der Waals surface area contributed by atoms with Crippen LogP contribution in [0.25, 0.3) is 0 Å². The molecular formula is C32H32P2. The highest BCUT2D eigenvalue weighted by atomic mass is 31.1. The van der Waals surface area contributed by atoms with Crippen LogP contribution in [0.4, 0.5) is 0 Å². The third kappa shape index (κ3) is 5.10. The van der Waals surface area contributed by atoms with Crippen LogP contribution in [0.5, 0.6) is 0 Å². The van der Waals surface area contributed by atoms with Crippen molar-refractivity contribution in [3.8, 4) is 0 Å². The summed E-state index contributed by atoms with van der Waals surface area (Å²) in [4.78, 5) is 0. The lowest BCUT2D eigenvalue weighted by Gasteiger charge is -2.30. The molecule has 0 radical (unpaired) electrons. The lowest BCUT2D eigenvalue weighted by Crippen LogP contribution is -2.29. The first-order valence-corrected chi connectivity index (χ1v) is 14.9. The molecule has 0 amide bonds. The molecule has 34 heavy (non-hydrogen) atoms. The van der Waals surface area contributed by atoms with Gasteiger partial charge in [-0.15, -0.1) is 0 Å². The van der Waals surface area contributed by atoms with Crippen LogP contribution < -0.4 is 21.2 Å². The van der Waals surface area contributed by atoms with E-state index in [0.717, 1.165) is 12.8 Å². The van der Waals surface area contributed by atoms with Gasteiger partial charge in [-0.1, -0.05) is 135 Å². The molecular weight excluding hydrogens is 446 g/mol. The number of rotatable bonds is 6. The van der Waals surface area contributed by atoms with E-state index in [4.69, 9.17) is 0 Å². The van der Waals surface area contributed by atoms with Crippen LogP contribution >= 0.6 is 15.8 Å². The normalized spacial score (nSPS) is 21.5. The van der Waals surface area contributed by atoms with Gasteiger partial charge in [-0.2, -0.15) is 0 Å². The van der Waals surface area contributed by atoms with Crippen molar-refractivity contribution in [3.05, 3.63) is 132 Å². The Morgan fingerprint density at radius 1 is 0.529 bits per heavy atom. The van der Waals surface area contributed by atoms with Crippen LogP contribution in [0.3, 0.4) is 0 Å². The Morgan fingerprint density at radius 2 is 0.912 bits per heavy atom. The van der Waals surface area contributed by atoms with E-state index in [0.29, 0.717) is 11.8 Å². The average molecular weight is 479 g/mol. The van der Waals surface area contributed by atoms with Gasteiger partial charge in [0.05, 0.1) is 0 Å². The maximum atomic E-state index is 2.52. The zero-order chi connectivity index (χ0) is 23.3. The minimum atomic E-state index is -0.632. The van der Waals surface area contributed by atoms with Crippen LogP contribution in [-0.2, 0) is 0 Å². The molecule has 2 aliphatic carbocycles. The molecule has 0 spiro atoms. The van der Waals surface area contributed by atoms with E-state index in [1.807, 2.05) is 0 Å². The summed E-state index contributed by atoms with van der Waals surface area (Å²) in [5.74, 6) is 1.17. The first-order chi connectivity index (χ1) is 16.7. The molecule has 3 aromatic carbocycles. The molecule has 5 rings (SSSR count). The van der Waals surface area contributed by atoms with E-state index < -0.39 is 15.8 Å². The van der Waals surface area contributed by atoms with E-state index in [-0.39, 0.29) is 0 Å². The van der Waals surface area contributed by atoms with Crippen molar-refractivity contribution >= 4 is 37.1 Å². The Balaban J connectivity index is 1.71. The van der Waals surface area contributed by atoms with Crippen molar-refractivity contribution in [3.63, 3.8) is 0 Å². The summed E-state index contributed by atoms with van der Waals surface area (Å²) >= 11 is 0. The molecule has 0 fully saturated rings. The van der Waals surface area contributed by atoms with E-state index >= 15 is 0 Å². The molecule has 2 heteroatoms. The van der Waals surface area contributed by atoms with Crippen LogP contribution in [0, 0.1) is 11.8 Å². The Kier molecular flexibility index (Phi) is 7.39. The monoisotopic (exact) mass is 478 g/mol.